The number of likely N-dealkylation sites (tertiary alicyclic amines) is 1. The highest BCUT2D eigenvalue weighted by Gasteiger charge is 2.23. The van der Waals surface area contributed by atoms with Gasteiger partial charge >= 0.3 is 0 Å². The lowest BCUT2D eigenvalue weighted by Gasteiger charge is -2.34. The third kappa shape index (κ3) is 4.18. The van der Waals surface area contributed by atoms with Gasteiger partial charge in [0.05, 0.1) is 6.54 Å². The Kier molecular flexibility index (Phi) is 5.05. The summed E-state index contributed by atoms with van der Waals surface area (Å²) in [5.74, 6) is 0.636. The van der Waals surface area contributed by atoms with Crippen molar-refractivity contribution in [3.63, 3.8) is 0 Å². The first-order chi connectivity index (χ1) is 7.13. The Morgan fingerprint density at radius 2 is 2.33 bits per heavy atom. The Bertz CT molecular complexity index is 208. The number of carbonyl (C=O) groups is 1. The number of hydrogen-bond acceptors (Lipinski definition) is 3. The molecule has 1 saturated heterocycles. The fourth-order valence-electron chi connectivity index (χ4n) is 1.92. The molecule has 0 aromatic rings. The van der Waals surface area contributed by atoms with E-state index < -0.39 is 0 Å². The fourth-order valence-corrected chi connectivity index (χ4v) is 1.92. The van der Waals surface area contributed by atoms with Crippen LogP contribution in [0.3, 0.4) is 0 Å². The molecule has 1 aliphatic heterocycles. The molecule has 2 atom stereocenters. The average molecular weight is 213 g/mol. The number of rotatable bonds is 4. The summed E-state index contributed by atoms with van der Waals surface area (Å²) in [6.07, 6.45) is 2.00. The lowest BCUT2D eigenvalue weighted by molar-refractivity contribution is -0.122. The SMILES string of the molecule is CCCNC(=O)CN1CCC(N)C(C)C1. The second-order valence-corrected chi connectivity index (χ2v) is 4.51. The summed E-state index contributed by atoms with van der Waals surface area (Å²) in [7, 11) is 0. The Morgan fingerprint density at radius 1 is 1.60 bits per heavy atom. The molecule has 1 fully saturated rings. The van der Waals surface area contributed by atoms with Crippen LogP contribution < -0.4 is 11.1 Å². The molecule has 0 radical (unpaired) electrons. The number of nitrogens with zero attached hydrogens (tertiary/aromatic N) is 1. The van der Waals surface area contributed by atoms with Gasteiger partial charge in [0.1, 0.15) is 0 Å². The summed E-state index contributed by atoms with van der Waals surface area (Å²) in [6, 6.07) is 0.306. The summed E-state index contributed by atoms with van der Waals surface area (Å²) in [6.45, 7) is 7.41. The van der Waals surface area contributed by atoms with Crippen LogP contribution in [-0.4, -0.2) is 43.0 Å². The highest BCUT2D eigenvalue weighted by molar-refractivity contribution is 5.77. The van der Waals surface area contributed by atoms with E-state index in [-0.39, 0.29) is 5.91 Å². The third-order valence-corrected chi connectivity index (χ3v) is 3.00. The van der Waals surface area contributed by atoms with Gasteiger partial charge in [-0.3, -0.25) is 9.69 Å². The molecule has 1 amide bonds. The van der Waals surface area contributed by atoms with Gasteiger partial charge in [-0.2, -0.15) is 0 Å². The van der Waals surface area contributed by atoms with Gasteiger partial charge in [0.15, 0.2) is 0 Å². The summed E-state index contributed by atoms with van der Waals surface area (Å²) in [4.78, 5) is 13.7. The molecule has 1 aliphatic rings. The Morgan fingerprint density at radius 3 is 2.93 bits per heavy atom. The molecule has 0 aromatic heterocycles. The standard InChI is InChI=1S/C11H23N3O/c1-3-5-13-11(15)8-14-6-4-10(12)9(2)7-14/h9-10H,3-8,12H2,1-2H3,(H,13,15). The van der Waals surface area contributed by atoms with Crippen LogP contribution in [0.2, 0.25) is 0 Å². The maximum Gasteiger partial charge on any atom is 0.234 e. The van der Waals surface area contributed by atoms with Crippen LogP contribution in [0.15, 0.2) is 0 Å². The van der Waals surface area contributed by atoms with Crippen LogP contribution in [0.4, 0.5) is 0 Å². The number of carbonyl (C=O) groups excluding carboxylic acids is 1. The van der Waals surface area contributed by atoms with Gasteiger partial charge in [-0.1, -0.05) is 13.8 Å². The van der Waals surface area contributed by atoms with E-state index in [1.165, 1.54) is 0 Å². The van der Waals surface area contributed by atoms with Crippen molar-refractivity contribution < 1.29 is 4.79 Å². The van der Waals surface area contributed by atoms with Crippen molar-refractivity contribution in [2.75, 3.05) is 26.2 Å². The van der Waals surface area contributed by atoms with Gasteiger partial charge in [0.2, 0.25) is 5.91 Å². The molecule has 1 rings (SSSR count). The predicted octanol–water partition coefficient (Wildman–Crippen LogP) is 0.182. The molecule has 15 heavy (non-hydrogen) atoms. The number of nitrogens with two attached hydrogens (primary N) is 1. The highest BCUT2D eigenvalue weighted by atomic mass is 16.2. The van der Waals surface area contributed by atoms with E-state index in [1.807, 2.05) is 0 Å². The summed E-state index contributed by atoms with van der Waals surface area (Å²) >= 11 is 0. The van der Waals surface area contributed by atoms with E-state index in [1.54, 1.807) is 0 Å². The summed E-state index contributed by atoms with van der Waals surface area (Å²) < 4.78 is 0. The molecule has 88 valence electrons. The fraction of sp³-hybridized carbons (Fsp3) is 0.909. The zero-order valence-electron chi connectivity index (χ0n) is 9.83. The largest absolute Gasteiger partial charge is 0.355 e. The Labute approximate surface area is 92.2 Å². The van der Waals surface area contributed by atoms with Gasteiger partial charge in [0, 0.05) is 25.7 Å². The molecular formula is C11H23N3O. The minimum Gasteiger partial charge on any atom is -0.355 e. The van der Waals surface area contributed by atoms with Crippen molar-refractivity contribution in [1.82, 2.24) is 10.2 Å². The molecule has 1 heterocycles. The highest BCUT2D eigenvalue weighted by Crippen LogP contribution is 2.14. The van der Waals surface area contributed by atoms with Crippen LogP contribution in [0.5, 0.6) is 0 Å². The number of hydrogen-bond donors (Lipinski definition) is 2. The quantitative estimate of drug-likeness (QED) is 0.700. The van der Waals surface area contributed by atoms with Crippen molar-refractivity contribution in [3.8, 4) is 0 Å². The van der Waals surface area contributed by atoms with E-state index in [2.05, 4.69) is 24.1 Å². The normalized spacial score (nSPS) is 27.7. The second-order valence-electron chi connectivity index (χ2n) is 4.51. The maximum atomic E-state index is 11.5. The topological polar surface area (TPSA) is 58.4 Å². The average Bonchev–Trinajstić information content (AvgIpc) is 2.20. The van der Waals surface area contributed by atoms with Gasteiger partial charge < -0.3 is 11.1 Å². The maximum absolute atomic E-state index is 11.5. The van der Waals surface area contributed by atoms with Gasteiger partial charge in [0.25, 0.3) is 0 Å². The van der Waals surface area contributed by atoms with Crippen molar-refractivity contribution in [2.45, 2.75) is 32.7 Å². The van der Waals surface area contributed by atoms with Crippen molar-refractivity contribution in [3.05, 3.63) is 0 Å². The first kappa shape index (κ1) is 12.5. The zero-order valence-corrected chi connectivity index (χ0v) is 9.83. The van der Waals surface area contributed by atoms with Crippen molar-refractivity contribution in [2.24, 2.45) is 11.7 Å². The third-order valence-electron chi connectivity index (χ3n) is 3.00. The Balaban J connectivity index is 2.24. The van der Waals surface area contributed by atoms with Gasteiger partial charge in [-0.15, -0.1) is 0 Å². The molecule has 0 saturated carbocycles. The second kappa shape index (κ2) is 6.08. The molecule has 0 aliphatic carbocycles. The minimum absolute atomic E-state index is 0.138. The molecule has 0 spiro atoms. The van der Waals surface area contributed by atoms with E-state index in [0.29, 0.717) is 18.5 Å². The Hall–Kier alpha value is -0.610. The lowest BCUT2D eigenvalue weighted by Crippen LogP contribution is -2.49. The molecule has 3 N–H and O–H groups in total. The van der Waals surface area contributed by atoms with E-state index in [9.17, 15) is 4.79 Å². The summed E-state index contributed by atoms with van der Waals surface area (Å²) in [5, 5.41) is 2.89. The molecule has 4 heteroatoms. The van der Waals surface area contributed by atoms with Crippen molar-refractivity contribution in [1.29, 1.82) is 0 Å². The van der Waals surface area contributed by atoms with Crippen molar-refractivity contribution >= 4 is 5.91 Å². The minimum atomic E-state index is 0.138. The summed E-state index contributed by atoms with van der Waals surface area (Å²) in [5.41, 5.74) is 5.92. The monoisotopic (exact) mass is 213 g/mol. The number of amides is 1. The zero-order chi connectivity index (χ0) is 11.3. The smallest absolute Gasteiger partial charge is 0.234 e. The first-order valence-corrected chi connectivity index (χ1v) is 5.88. The van der Waals surface area contributed by atoms with E-state index in [0.717, 1.165) is 32.5 Å². The predicted molar refractivity (Wildman–Crippen MR) is 61.5 cm³/mol. The molecule has 0 aromatic carbocycles. The van der Waals surface area contributed by atoms with E-state index >= 15 is 0 Å². The van der Waals surface area contributed by atoms with Crippen LogP contribution >= 0.6 is 0 Å². The van der Waals surface area contributed by atoms with Gasteiger partial charge in [-0.25, -0.2) is 0 Å². The molecular weight excluding hydrogens is 190 g/mol. The first-order valence-electron chi connectivity index (χ1n) is 5.88. The van der Waals surface area contributed by atoms with Gasteiger partial charge in [-0.05, 0) is 18.8 Å². The molecule has 4 nitrogen and oxygen atoms in total. The van der Waals surface area contributed by atoms with Crippen LogP contribution in [0, 0.1) is 5.92 Å². The van der Waals surface area contributed by atoms with Crippen LogP contribution in [-0.2, 0) is 4.79 Å². The van der Waals surface area contributed by atoms with Crippen LogP contribution in [0.25, 0.3) is 0 Å². The van der Waals surface area contributed by atoms with E-state index in [4.69, 9.17) is 5.73 Å². The number of nitrogens with one attached hydrogen (secondary N) is 1. The molecule has 0 bridgehead atoms. The molecule has 2 unspecified atom stereocenters. The number of piperidine rings is 1. The van der Waals surface area contributed by atoms with Crippen LogP contribution in [0.1, 0.15) is 26.7 Å². The lowest BCUT2D eigenvalue weighted by atomic mass is 9.95.